The Morgan fingerprint density at radius 2 is 1.26 bits per heavy atom. The minimum Gasteiger partial charge on any atom is -0.0654 e. The van der Waals surface area contributed by atoms with Crippen molar-refractivity contribution in [2.75, 3.05) is 0 Å². The van der Waals surface area contributed by atoms with Gasteiger partial charge in [-0.05, 0) is 81.1 Å². The minimum atomic E-state index is 0.949. The Labute approximate surface area is 144 Å². The van der Waals surface area contributed by atoms with Gasteiger partial charge in [0.2, 0.25) is 0 Å². The molecule has 0 saturated heterocycles. The van der Waals surface area contributed by atoms with Crippen LogP contribution in [0.25, 0.3) is 0 Å². The van der Waals surface area contributed by atoms with Crippen LogP contribution in [0, 0.1) is 30.6 Å². The molecule has 0 atom stereocenters. The van der Waals surface area contributed by atoms with Crippen molar-refractivity contribution < 1.29 is 0 Å². The van der Waals surface area contributed by atoms with Gasteiger partial charge in [-0.2, -0.15) is 0 Å². The molecule has 0 heterocycles. The second-order valence-electron chi connectivity index (χ2n) is 8.54. The van der Waals surface area contributed by atoms with Crippen LogP contribution in [0.15, 0.2) is 24.3 Å². The highest BCUT2D eigenvalue weighted by molar-refractivity contribution is 5.21. The monoisotopic (exact) mass is 312 g/mol. The number of rotatable bonds is 5. The SMILES string of the molecule is CCCC1CCC(C2CCC(Cc3ccc(C)cc3)CC2)CC1. The van der Waals surface area contributed by atoms with Gasteiger partial charge in [-0.3, -0.25) is 0 Å². The molecule has 128 valence electrons. The second kappa shape index (κ2) is 8.36. The van der Waals surface area contributed by atoms with E-state index in [1.54, 1.807) is 5.56 Å². The lowest BCUT2D eigenvalue weighted by atomic mass is 9.68. The van der Waals surface area contributed by atoms with Crippen molar-refractivity contribution in [1.82, 2.24) is 0 Å². The van der Waals surface area contributed by atoms with Gasteiger partial charge in [-0.25, -0.2) is 0 Å². The maximum Gasteiger partial charge on any atom is -0.0250 e. The normalized spacial score (nSPS) is 31.9. The molecule has 2 saturated carbocycles. The molecule has 0 unspecified atom stereocenters. The fourth-order valence-electron chi connectivity index (χ4n) is 5.28. The van der Waals surface area contributed by atoms with E-state index in [1.165, 1.54) is 76.2 Å². The molecule has 0 amide bonds. The van der Waals surface area contributed by atoms with Gasteiger partial charge in [0.1, 0.15) is 0 Å². The van der Waals surface area contributed by atoms with Gasteiger partial charge >= 0.3 is 0 Å². The van der Waals surface area contributed by atoms with Crippen LogP contribution in [0.3, 0.4) is 0 Å². The van der Waals surface area contributed by atoms with Gasteiger partial charge in [0, 0.05) is 0 Å². The van der Waals surface area contributed by atoms with E-state index < -0.39 is 0 Å². The predicted octanol–water partition coefficient (Wildman–Crippen LogP) is 6.95. The molecule has 0 heteroatoms. The lowest BCUT2D eigenvalue weighted by Crippen LogP contribution is -2.26. The summed E-state index contributed by atoms with van der Waals surface area (Å²) in [4.78, 5) is 0. The van der Waals surface area contributed by atoms with Gasteiger partial charge in [0.25, 0.3) is 0 Å². The van der Waals surface area contributed by atoms with Crippen molar-refractivity contribution in [3.8, 4) is 0 Å². The first kappa shape index (κ1) is 17.1. The number of hydrogen-bond acceptors (Lipinski definition) is 0. The van der Waals surface area contributed by atoms with E-state index in [-0.39, 0.29) is 0 Å². The van der Waals surface area contributed by atoms with Gasteiger partial charge in [0.05, 0.1) is 0 Å². The highest BCUT2D eigenvalue weighted by Crippen LogP contribution is 2.42. The van der Waals surface area contributed by atoms with Crippen LogP contribution in [0.1, 0.15) is 82.3 Å². The molecule has 2 aliphatic rings. The zero-order chi connectivity index (χ0) is 16.1. The summed E-state index contributed by atoms with van der Waals surface area (Å²) in [6.07, 6.45) is 16.3. The van der Waals surface area contributed by atoms with Crippen LogP contribution in [-0.4, -0.2) is 0 Å². The fraction of sp³-hybridized carbons (Fsp3) is 0.739. The molecule has 0 radical (unpaired) electrons. The topological polar surface area (TPSA) is 0 Å². The van der Waals surface area contributed by atoms with E-state index in [1.807, 2.05) is 0 Å². The predicted molar refractivity (Wildman–Crippen MR) is 101 cm³/mol. The molecule has 2 fully saturated rings. The van der Waals surface area contributed by atoms with Crippen LogP contribution in [0.2, 0.25) is 0 Å². The molecule has 0 spiro atoms. The molecule has 1 aromatic rings. The van der Waals surface area contributed by atoms with Crippen molar-refractivity contribution in [2.24, 2.45) is 23.7 Å². The van der Waals surface area contributed by atoms with Crippen LogP contribution < -0.4 is 0 Å². The number of aryl methyl sites for hydroxylation is 1. The first-order valence-corrected chi connectivity index (χ1v) is 10.3. The van der Waals surface area contributed by atoms with Crippen molar-refractivity contribution in [2.45, 2.75) is 84.5 Å². The van der Waals surface area contributed by atoms with E-state index in [0.717, 1.165) is 23.7 Å². The molecule has 3 rings (SSSR count). The smallest absolute Gasteiger partial charge is 0.0250 e. The molecular weight excluding hydrogens is 276 g/mol. The number of benzene rings is 1. The first-order valence-electron chi connectivity index (χ1n) is 10.3. The average Bonchev–Trinajstić information content (AvgIpc) is 2.59. The maximum atomic E-state index is 2.35. The van der Waals surface area contributed by atoms with Crippen LogP contribution >= 0.6 is 0 Å². The quantitative estimate of drug-likeness (QED) is 0.552. The lowest BCUT2D eigenvalue weighted by molar-refractivity contribution is 0.143. The average molecular weight is 313 g/mol. The van der Waals surface area contributed by atoms with Crippen LogP contribution in [0.5, 0.6) is 0 Å². The van der Waals surface area contributed by atoms with Gasteiger partial charge < -0.3 is 0 Å². The summed E-state index contributed by atoms with van der Waals surface area (Å²) in [7, 11) is 0. The Hall–Kier alpha value is -0.780. The summed E-state index contributed by atoms with van der Waals surface area (Å²) < 4.78 is 0. The van der Waals surface area contributed by atoms with Crippen molar-refractivity contribution in [3.63, 3.8) is 0 Å². The highest BCUT2D eigenvalue weighted by atomic mass is 14.4. The largest absolute Gasteiger partial charge is 0.0654 e. The first-order chi connectivity index (χ1) is 11.2. The molecule has 0 aliphatic heterocycles. The summed E-state index contributed by atoms with van der Waals surface area (Å²) in [5.41, 5.74) is 2.94. The maximum absolute atomic E-state index is 2.35. The zero-order valence-electron chi connectivity index (χ0n) is 15.4. The summed E-state index contributed by atoms with van der Waals surface area (Å²) in [6, 6.07) is 9.23. The molecular formula is C23H36. The summed E-state index contributed by atoms with van der Waals surface area (Å²) >= 11 is 0. The number of hydrogen-bond donors (Lipinski definition) is 0. The molecule has 0 bridgehead atoms. The summed E-state index contributed by atoms with van der Waals surface area (Å²) in [5.74, 6) is 4.15. The Morgan fingerprint density at radius 1 is 0.739 bits per heavy atom. The van der Waals surface area contributed by atoms with E-state index in [9.17, 15) is 0 Å². The van der Waals surface area contributed by atoms with Gasteiger partial charge in [-0.1, -0.05) is 62.4 Å². The van der Waals surface area contributed by atoms with Crippen molar-refractivity contribution in [3.05, 3.63) is 35.4 Å². The molecule has 2 aliphatic carbocycles. The van der Waals surface area contributed by atoms with E-state index >= 15 is 0 Å². The third kappa shape index (κ3) is 4.85. The molecule has 0 N–H and O–H groups in total. The van der Waals surface area contributed by atoms with Crippen LogP contribution in [-0.2, 0) is 6.42 Å². The Morgan fingerprint density at radius 3 is 1.78 bits per heavy atom. The molecule has 0 nitrogen and oxygen atoms in total. The van der Waals surface area contributed by atoms with Gasteiger partial charge in [0.15, 0.2) is 0 Å². The summed E-state index contributed by atoms with van der Waals surface area (Å²) in [5, 5.41) is 0. The standard InChI is InChI=1S/C23H36/c1-3-4-19-9-13-22(14-10-19)23-15-11-21(12-16-23)17-20-7-5-18(2)6-8-20/h5-8,19,21-23H,3-4,9-17H2,1-2H3. The lowest BCUT2D eigenvalue weighted by Gasteiger charge is -2.38. The van der Waals surface area contributed by atoms with E-state index in [4.69, 9.17) is 0 Å². The molecule has 1 aromatic carbocycles. The highest BCUT2D eigenvalue weighted by Gasteiger charge is 2.30. The van der Waals surface area contributed by atoms with Crippen LogP contribution in [0.4, 0.5) is 0 Å². The van der Waals surface area contributed by atoms with E-state index in [0.29, 0.717) is 0 Å². The van der Waals surface area contributed by atoms with E-state index in [2.05, 4.69) is 38.1 Å². The molecule has 0 aromatic heterocycles. The Balaban J connectivity index is 1.41. The third-order valence-electron chi connectivity index (χ3n) is 6.79. The fourth-order valence-corrected chi connectivity index (χ4v) is 5.28. The second-order valence-corrected chi connectivity index (χ2v) is 8.54. The zero-order valence-corrected chi connectivity index (χ0v) is 15.4. The van der Waals surface area contributed by atoms with Gasteiger partial charge in [-0.15, -0.1) is 0 Å². The van der Waals surface area contributed by atoms with Crippen molar-refractivity contribution in [1.29, 1.82) is 0 Å². The van der Waals surface area contributed by atoms with Crippen molar-refractivity contribution >= 4 is 0 Å². The minimum absolute atomic E-state index is 0.949. The third-order valence-corrected chi connectivity index (χ3v) is 6.79. The Kier molecular flexibility index (Phi) is 6.20. The summed E-state index contributed by atoms with van der Waals surface area (Å²) in [6.45, 7) is 4.53. The molecule has 23 heavy (non-hydrogen) atoms. The Bertz CT molecular complexity index is 441.